The fourth-order valence-corrected chi connectivity index (χ4v) is 1.20. The Labute approximate surface area is 95.3 Å². The van der Waals surface area contributed by atoms with E-state index in [1.165, 1.54) is 13.4 Å². The molecule has 1 heterocycles. The predicted octanol–water partition coefficient (Wildman–Crippen LogP) is 1.48. The molecule has 5 heteroatoms. The Balaban J connectivity index is 2.74. The van der Waals surface area contributed by atoms with Crippen molar-refractivity contribution in [3.8, 4) is 5.75 Å². The maximum Gasteiger partial charge on any atom is 0.295 e. The third-order valence-electron chi connectivity index (χ3n) is 2.74. The highest BCUT2D eigenvalue weighted by Crippen LogP contribution is 2.16. The second kappa shape index (κ2) is 5.53. The highest BCUT2D eigenvalue weighted by molar-refractivity contribution is 5.47. The van der Waals surface area contributed by atoms with Crippen molar-refractivity contribution in [3.05, 3.63) is 16.7 Å². The summed E-state index contributed by atoms with van der Waals surface area (Å²) in [6, 6.07) is 0. The van der Waals surface area contributed by atoms with E-state index in [4.69, 9.17) is 4.74 Å². The minimum absolute atomic E-state index is 0.235. The van der Waals surface area contributed by atoms with Crippen molar-refractivity contribution >= 4 is 5.82 Å². The van der Waals surface area contributed by atoms with Gasteiger partial charge in [0.05, 0.1) is 13.4 Å². The number of methoxy groups -OCH3 is 1. The van der Waals surface area contributed by atoms with Crippen molar-refractivity contribution in [1.29, 1.82) is 0 Å². The Hall–Kier alpha value is -1.52. The zero-order valence-electron chi connectivity index (χ0n) is 10.2. The van der Waals surface area contributed by atoms with E-state index in [0.29, 0.717) is 17.7 Å². The van der Waals surface area contributed by atoms with Gasteiger partial charge in [-0.15, -0.1) is 0 Å². The third kappa shape index (κ3) is 2.98. The smallest absolute Gasteiger partial charge is 0.295 e. The van der Waals surface area contributed by atoms with E-state index in [1.807, 2.05) is 0 Å². The van der Waals surface area contributed by atoms with Crippen molar-refractivity contribution in [2.45, 2.75) is 20.8 Å². The predicted molar refractivity (Wildman–Crippen MR) is 63.9 cm³/mol. The summed E-state index contributed by atoms with van der Waals surface area (Å²) in [5, 5.41) is 3.13. The van der Waals surface area contributed by atoms with Gasteiger partial charge in [0, 0.05) is 6.54 Å². The second-order valence-corrected chi connectivity index (χ2v) is 4.22. The summed E-state index contributed by atoms with van der Waals surface area (Å²) in [4.78, 5) is 17.9. The van der Waals surface area contributed by atoms with Crippen LogP contribution in [0, 0.1) is 11.8 Å². The molecule has 0 saturated heterocycles. The molecule has 0 amide bonds. The van der Waals surface area contributed by atoms with Gasteiger partial charge >= 0.3 is 0 Å². The van der Waals surface area contributed by atoms with Crippen molar-refractivity contribution in [2.75, 3.05) is 19.0 Å². The molecule has 0 bridgehead atoms. The van der Waals surface area contributed by atoms with Crippen LogP contribution in [0.25, 0.3) is 0 Å². The quantitative estimate of drug-likeness (QED) is 0.796. The summed E-state index contributed by atoms with van der Waals surface area (Å²) in [5.74, 6) is 1.82. The Morgan fingerprint density at radius 1 is 1.50 bits per heavy atom. The molecule has 0 aliphatic rings. The van der Waals surface area contributed by atoms with Gasteiger partial charge < -0.3 is 15.0 Å². The van der Waals surface area contributed by atoms with Crippen LogP contribution in [0.2, 0.25) is 0 Å². The van der Waals surface area contributed by atoms with Crippen LogP contribution in [-0.2, 0) is 0 Å². The highest BCUT2D eigenvalue weighted by Gasteiger charge is 2.11. The number of anilines is 1. The number of nitrogens with zero attached hydrogens (tertiary/aromatic N) is 1. The first kappa shape index (κ1) is 12.5. The molecule has 1 unspecified atom stereocenters. The molecule has 90 valence electrons. The van der Waals surface area contributed by atoms with E-state index in [-0.39, 0.29) is 11.3 Å². The van der Waals surface area contributed by atoms with Gasteiger partial charge in [-0.3, -0.25) is 4.79 Å². The Morgan fingerprint density at radius 2 is 2.19 bits per heavy atom. The number of hydrogen-bond donors (Lipinski definition) is 2. The van der Waals surface area contributed by atoms with E-state index in [9.17, 15) is 4.79 Å². The first-order chi connectivity index (χ1) is 7.56. The lowest BCUT2D eigenvalue weighted by Crippen LogP contribution is -2.20. The number of nitrogens with one attached hydrogen (secondary N) is 2. The largest absolute Gasteiger partial charge is 0.489 e. The highest BCUT2D eigenvalue weighted by atomic mass is 16.5. The molecule has 0 aliphatic heterocycles. The summed E-state index contributed by atoms with van der Waals surface area (Å²) in [6.45, 7) is 7.24. The fourth-order valence-electron chi connectivity index (χ4n) is 1.20. The fraction of sp³-hybridized carbons (Fsp3) is 0.636. The zero-order valence-corrected chi connectivity index (χ0v) is 10.2. The molecule has 1 rings (SSSR count). The van der Waals surface area contributed by atoms with E-state index in [0.717, 1.165) is 6.54 Å². The molecule has 1 aromatic rings. The lowest BCUT2D eigenvalue weighted by atomic mass is 9.98. The Morgan fingerprint density at radius 3 is 2.75 bits per heavy atom. The van der Waals surface area contributed by atoms with Crippen LogP contribution in [-0.4, -0.2) is 23.6 Å². The summed E-state index contributed by atoms with van der Waals surface area (Å²) in [6.07, 6.45) is 1.37. The van der Waals surface area contributed by atoms with Crippen LogP contribution in [0.4, 0.5) is 5.82 Å². The Bertz CT molecular complexity index is 387. The maximum absolute atomic E-state index is 11.4. The molecule has 1 aromatic heterocycles. The van der Waals surface area contributed by atoms with Gasteiger partial charge in [-0.1, -0.05) is 20.8 Å². The van der Waals surface area contributed by atoms with E-state index in [1.54, 1.807) is 0 Å². The molecule has 0 saturated carbocycles. The maximum atomic E-state index is 11.4. The molecular formula is C11H19N3O2. The van der Waals surface area contributed by atoms with Crippen LogP contribution in [0.15, 0.2) is 11.1 Å². The number of hydrogen-bond acceptors (Lipinski definition) is 4. The van der Waals surface area contributed by atoms with E-state index < -0.39 is 0 Å². The van der Waals surface area contributed by atoms with Gasteiger partial charge in [0.1, 0.15) is 0 Å². The van der Waals surface area contributed by atoms with Gasteiger partial charge in [-0.25, -0.2) is 4.98 Å². The molecule has 1 atom stereocenters. The lowest BCUT2D eigenvalue weighted by Gasteiger charge is -2.17. The van der Waals surface area contributed by atoms with Gasteiger partial charge in [0.25, 0.3) is 5.56 Å². The van der Waals surface area contributed by atoms with Crippen molar-refractivity contribution in [1.82, 2.24) is 9.97 Å². The second-order valence-electron chi connectivity index (χ2n) is 4.22. The van der Waals surface area contributed by atoms with Crippen LogP contribution in [0.1, 0.15) is 20.8 Å². The summed E-state index contributed by atoms with van der Waals surface area (Å²) < 4.78 is 5.00. The first-order valence-corrected chi connectivity index (χ1v) is 5.41. The zero-order chi connectivity index (χ0) is 12.1. The number of aromatic nitrogens is 2. The van der Waals surface area contributed by atoms with E-state index >= 15 is 0 Å². The number of aromatic amines is 1. The van der Waals surface area contributed by atoms with Gasteiger partial charge in [-0.2, -0.15) is 0 Å². The average Bonchev–Trinajstić information content (AvgIpc) is 2.25. The summed E-state index contributed by atoms with van der Waals surface area (Å²) in [7, 11) is 1.46. The van der Waals surface area contributed by atoms with Crippen LogP contribution >= 0.6 is 0 Å². The minimum atomic E-state index is -0.266. The van der Waals surface area contributed by atoms with Gasteiger partial charge in [-0.05, 0) is 11.8 Å². The SMILES string of the molecule is COc1c(NCC(C)C(C)C)nc[nH]c1=O. The average molecular weight is 225 g/mol. The lowest BCUT2D eigenvalue weighted by molar-refractivity contribution is 0.405. The summed E-state index contributed by atoms with van der Waals surface area (Å²) in [5.41, 5.74) is -0.266. The molecule has 2 N–H and O–H groups in total. The Kier molecular flexibility index (Phi) is 4.34. The molecule has 0 spiro atoms. The summed E-state index contributed by atoms with van der Waals surface area (Å²) >= 11 is 0. The van der Waals surface area contributed by atoms with Crippen LogP contribution < -0.4 is 15.6 Å². The monoisotopic (exact) mass is 225 g/mol. The van der Waals surface area contributed by atoms with Crippen LogP contribution in [0.5, 0.6) is 5.75 Å². The number of H-pyrrole nitrogens is 1. The third-order valence-corrected chi connectivity index (χ3v) is 2.74. The van der Waals surface area contributed by atoms with E-state index in [2.05, 4.69) is 36.1 Å². The van der Waals surface area contributed by atoms with Crippen molar-refractivity contribution in [2.24, 2.45) is 11.8 Å². The normalized spacial score (nSPS) is 12.6. The van der Waals surface area contributed by atoms with Crippen LogP contribution in [0.3, 0.4) is 0 Å². The number of rotatable bonds is 5. The molecule has 0 radical (unpaired) electrons. The molecule has 0 aromatic carbocycles. The minimum Gasteiger partial charge on any atom is -0.489 e. The topological polar surface area (TPSA) is 67.0 Å². The first-order valence-electron chi connectivity index (χ1n) is 5.41. The number of ether oxygens (including phenoxy) is 1. The van der Waals surface area contributed by atoms with Gasteiger partial charge in [0.15, 0.2) is 5.82 Å². The molecule has 5 nitrogen and oxygen atoms in total. The van der Waals surface area contributed by atoms with Crippen molar-refractivity contribution in [3.63, 3.8) is 0 Å². The van der Waals surface area contributed by atoms with Gasteiger partial charge in [0.2, 0.25) is 5.75 Å². The molecular weight excluding hydrogens is 206 g/mol. The molecule has 16 heavy (non-hydrogen) atoms. The molecule has 0 fully saturated rings. The van der Waals surface area contributed by atoms with Crippen molar-refractivity contribution < 1.29 is 4.74 Å². The molecule has 0 aliphatic carbocycles. The standard InChI is InChI=1S/C11H19N3O2/c1-7(2)8(3)5-12-10-9(16-4)11(15)14-6-13-10/h6-8H,5H2,1-4H3,(H2,12,13,14,15).